The van der Waals surface area contributed by atoms with Crippen molar-refractivity contribution >= 4 is 16.7 Å². The van der Waals surface area contributed by atoms with E-state index in [4.69, 9.17) is 0 Å². The van der Waals surface area contributed by atoms with Gasteiger partial charge in [0.1, 0.15) is 11.8 Å². The number of benzene rings is 1. The molecule has 0 bridgehead atoms. The minimum absolute atomic E-state index is 0.00481. The maximum Gasteiger partial charge on any atom is 0.271 e. The molecule has 0 saturated heterocycles. The van der Waals surface area contributed by atoms with Crippen LogP contribution >= 0.6 is 0 Å². The van der Waals surface area contributed by atoms with E-state index in [1.165, 1.54) is 18.5 Å². The van der Waals surface area contributed by atoms with E-state index < -0.39 is 4.92 Å². The topological polar surface area (TPSA) is 81.8 Å². The molecular weight excluding hydrogens is 172 g/mol. The van der Waals surface area contributed by atoms with Crippen molar-refractivity contribution in [3.8, 4) is 0 Å². The molecule has 0 radical (unpaired) electrons. The summed E-state index contributed by atoms with van der Waals surface area (Å²) in [5, 5.41) is 17.6. The lowest BCUT2D eigenvalue weighted by atomic mass is 10.3. The van der Waals surface area contributed by atoms with E-state index in [0.717, 1.165) is 0 Å². The first kappa shape index (κ1) is 7.53. The molecule has 0 unspecified atom stereocenters. The van der Waals surface area contributed by atoms with Gasteiger partial charge in [-0.25, -0.2) is 4.98 Å². The third kappa shape index (κ3) is 1.28. The average Bonchev–Trinajstić information content (AvgIpc) is 2.17. The molecule has 2 aromatic rings. The SMILES string of the molecule is O=[N+]([O-])c1ccc2ncnnc2c1. The molecule has 0 fully saturated rings. The van der Waals surface area contributed by atoms with Gasteiger partial charge in [-0.1, -0.05) is 0 Å². The van der Waals surface area contributed by atoms with E-state index in [9.17, 15) is 10.1 Å². The number of non-ortho nitro benzene ring substituents is 1. The maximum absolute atomic E-state index is 10.4. The van der Waals surface area contributed by atoms with Crippen molar-refractivity contribution in [2.24, 2.45) is 0 Å². The van der Waals surface area contributed by atoms with Crippen molar-refractivity contribution in [2.45, 2.75) is 0 Å². The van der Waals surface area contributed by atoms with Crippen molar-refractivity contribution < 1.29 is 4.92 Å². The van der Waals surface area contributed by atoms with Crippen molar-refractivity contribution in [3.63, 3.8) is 0 Å². The number of rotatable bonds is 1. The zero-order chi connectivity index (χ0) is 9.26. The summed E-state index contributed by atoms with van der Waals surface area (Å²) in [4.78, 5) is 13.8. The van der Waals surface area contributed by atoms with Crippen LogP contribution in [0.2, 0.25) is 0 Å². The molecule has 0 atom stereocenters. The predicted octanol–water partition coefficient (Wildman–Crippen LogP) is 0.933. The minimum atomic E-state index is -0.478. The molecule has 0 aliphatic rings. The predicted molar refractivity (Wildman–Crippen MR) is 44.0 cm³/mol. The summed E-state index contributed by atoms with van der Waals surface area (Å²) in [5.41, 5.74) is 1.02. The minimum Gasteiger partial charge on any atom is -0.258 e. The second-order valence-corrected chi connectivity index (χ2v) is 2.39. The smallest absolute Gasteiger partial charge is 0.258 e. The van der Waals surface area contributed by atoms with Gasteiger partial charge in [-0.05, 0) is 6.07 Å². The zero-order valence-corrected chi connectivity index (χ0v) is 6.41. The number of nitro benzene ring substituents is 1. The van der Waals surface area contributed by atoms with Crippen LogP contribution < -0.4 is 0 Å². The van der Waals surface area contributed by atoms with Crippen molar-refractivity contribution in [3.05, 3.63) is 34.6 Å². The summed E-state index contributed by atoms with van der Waals surface area (Å²) < 4.78 is 0. The lowest BCUT2D eigenvalue weighted by Gasteiger charge is -1.93. The number of aromatic nitrogens is 3. The Kier molecular flexibility index (Phi) is 1.59. The molecule has 6 heteroatoms. The van der Waals surface area contributed by atoms with Gasteiger partial charge in [-0.3, -0.25) is 10.1 Å². The highest BCUT2D eigenvalue weighted by Crippen LogP contribution is 2.15. The van der Waals surface area contributed by atoms with Crippen molar-refractivity contribution in [1.29, 1.82) is 0 Å². The van der Waals surface area contributed by atoms with Crippen LogP contribution in [0.1, 0.15) is 0 Å². The third-order valence-corrected chi connectivity index (χ3v) is 1.58. The molecule has 6 nitrogen and oxygen atoms in total. The first-order valence-electron chi connectivity index (χ1n) is 3.49. The Labute approximate surface area is 72.4 Å². The van der Waals surface area contributed by atoms with Gasteiger partial charge in [-0.15, -0.1) is 10.2 Å². The fraction of sp³-hybridized carbons (Fsp3) is 0. The summed E-state index contributed by atoms with van der Waals surface area (Å²) in [6.45, 7) is 0. The zero-order valence-electron chi connectivity index (χ0n) is 6.41. The molecule has 13 heavy (non-hydrogen) atoms. The van der Waals surface area contributed by atoms with Gasteiger partial charge in [-0.2, -0.15) is 0 Å². The molecule has 0 spiro atoms. The van der Waals surface area contributed by atoms with Gasteiger partial charge < -0.3 is 0 Å². The molecule has 64 valence electrons. The molecule has 0 aliphatic carbocycles. The van der Waals surface area contributed by atoms with Gasteiger partial charge in [0.2, 0.25) is 0 Å². The monoisotopic (exact) mass is 176 g/mol. The first-order chi connectivity index (χ1) is 6.27. The maximum atomic E-state index is 10.4. The third-order valence-electron chi connectivity index (χ3n) is 1.58. The second-order valence-electron chi connectivity index (χ2n) is 2.39. The lowest BCUT2D eigenvalue weighted by Crippen LogP contribution is -1.90. The number of hydrogen-bond donors (Lipinski definition) is 0. The van der Waals surface area contributed by atoms with Crippen LogP contribution in [0.5, 0.6) is 0 Å². The van der Waals surface area contributed by atoms with Gasteiger partial charge in [0.25, 0.3) is 5.69 Å². The van der Waals surface area contributed by atoms with Crippen LogP contribution in [0.4, 0.5) is 5.69 Å². The summed E-state index contributed by atoms with van der Waals surface area (Å²) in [6.07, 6.45) is 1.30. The van der Waals surface area contributed by atoms with Crippen molar-refractivity contribution in [1.82, 2.24) is 15.2 Å². The first-order valence-corrected chi connectivity index (χ1v) is 3.49. The molecule has 2 rings (SSSR count). The summed E-state index contributed by atoms with van der Waals surface area (Å²) in [6, 6.07) is 4.27. The second kappa shape index (κ2) is 2.74. The highest BCUT2D eigenvalue weighted by atomic mass is 16.6. The van der Waals surface area contributed by atoms with Crippen molar-refractivity contribution in [2.75, 3.05) is 0 Å². The molecule has 0 aliphatic heterocycles. The fourth-order valence-corrected chi connectivity index (χ4v) is 0.991. The highest BCUT2D eigenvalue weighted by Gasteiger charge is 2.06. The van der Waals surface area contributed by atoms with Gasteiger partial charge >= 0.3 is 0 Å². The van der Waals surface area contributed by atoms with Gasteiger partial charge in [0, 0.05) is 12.1 Å². The molecule has 0 amide bonds. The van der Waals surface area contributed by atoms with E-state index in [-0.39, 0.29) is 5.69 Å². The Hall–Kier alpha value is -2.11. The molecule has 1 aromatic carbocycles. The Morgan fingerprint density at radius 2 is 2.15 bits per heavy atom. The van der Waals surface area contributed by atoms with Crippen LogP contribution in [-0.4, -0.2) is 20.1 Å². The average molecular weight is 176 g/mol. The lowest BCUT2D eigenvalue weighted by molar-refractivity contribution is -0.384. The molecule has 1 aromatic heterocycles. The van der Waals surface area contributed by atoms with Crippen LogP contribution in [-0.2, 0) is 0 Å². The van der Waals surface area contributed by atoms with E-state index in [2.05, 4.69) is 15.2 Å². The normalized spacial score (nSPS) is 10.2. The number of nitro groups is 1. The number of hydrogen-bond acceptors (Lipinski definition) is 5. The van der Waals surface area contributed by atoms with Crippen LogP contribution in [0, 0.1) is 10.1 Å². The van der Waals surface area contributed by atoms with Gasteiger partial charge in [0.15, 0.2) is 0 Å². The number of nitrogens with zero attached hydrogens (tertiary/aromatic N) is 4. The van der Waals surface area contributed by atoms with E-state index >= 15 is 0 Å². The Morgan fingerprint density at radius 1 is 1.31 bits per heavy atom. The summed E-state index contributed by atoms with van der Waals surface area (Å²) >= 11 is 0. The summed E-state index contributed by atoms with van der Waals surface area (Å²) in [5.74, 6) is 0. The number of fused-ring (bicyclic) bond motifs is 1. The summed E-state index contributed by atoms with van der Waals surface area (Å²) in [7, 11) is 0. The quantitative estimate of drug-likeness (QED) is 0.476. The largest absolute Gasteiger partial charge is 0.271 e. The van der Waals surface area contributed by atoms with E-state index in [1.54, 1.807) is 6.07 Å². The van der Waals surface area contributed by atoms with E-state index in [0.29, 0.717) is 11.0 Å². The molecule has 0 saturated carbocycles. The van der Waals surface area contributed by atoms with Crippen LogP contribution in [0.3, 0.4) is 0 Å². The Morgan fingerprint density at radius 3 is 2.92 bits per heavy atom. The standard InChI is InChI=1S/C7H4N4O2/c12-11(13)5-1-2-6-7(3-5)10-9-4-8-6/h1-4H. The van der Waals surface area contributed by atoms with Gasteiger partial charge in [0.05, 0.1) is 10.4 Å². The molecule has 0 N–H and O–H groups in total. The Bertz CT molecular complexity index is 471. The molecule has 1 heterocycles. The molecular formula is C7H4N4O2. The Balaban J connectivity index is 2.69. The van der Waals surface area contributed by atoms with Crippen LogP contribution in [0.15, 0.2) is 24.5 Å². The van der Waals surface area contributed by atoms with Crippen LogP contribution in [0.25, 0.3) is 11.0 Å². The van der Waals surface area contributed by atoms with E-state index in [1.807, 2.05) is 0 Å². The highest BCUT2D eigenvalue weighted by molar-refractivity contribution is 5.75. The fourth-order valence-electron chi connectivity index (χ4n) is 0.991.